The van der Waals surface area contributed by atoms with E-state index in [-0.39, 0.29) is 5.75 Å². The van der Waals surface area contributed by atoms with Crippen LogP contribution in [0.25, 0.3) is 11.0 Å². The highest BCUT2D eigenvalue weighted by Gasteiger charge is 2.17. The Morgan fingerprint density at radius 3 is 2.78 bits per heavy atom. The minimum Gasteiger partial charge on any atom is -0.504 e. The number of ether oxygens (including phenoxy) is 1. The fourth-order valence-corrected chi connectivity index (χ4v) is 2.78. The van der Waals surface area contributed by atoms with Crippen molar-refractivity contribution in [1.82, 2.24) is 4.98 Å². The molecule has 0 atom stereocenters. The van der Waals surface area contributed by atoms with Gasteiger partial charge in [0.25, 0.3) is 0 Å². The zero-order valence-electron chi connectivity index (χ0n) is 13.5. The topological polar surface area (TPSA) is 61.2 Å². The minimum absolute atomic E-state index is 0.181. The summed E-state index contributed by atoms with van der Waals surface area (Å²) >= 11 is 0. The lowest BCUT2D eigenvalue weighted by Crippen LogP contribution is -2.35. The van der Waals surface area contributed by atoms with E-state index in [1.165, 1.54) is 5.52 Å². The quantitative estimate of drug-likeness (QED) is 0.613. The first-order valence-corrected chi connectivity index (χ1v) is 7.84. The number of nitrogens with one attached hydrogen (secondary N) is 2. The Morgan fingerprint density at radius 2 is 2.00 bits per heavy atom. The van der Waals surface area contributed by atoms with Gasteiger partial charge >= 0.3 is 5.95 Å². The molecule has 0 saturated carbocycles. The summed E-state index contributed by atoms with van der Waals surface area (Å²) in [6, 6.07) is 13.7. The molecule has 1 heterocycles. The average molecular weight is 312 g/mol. The Morgan fingerprint density at radius 1 is 1.17 bits per heavy atom. The van der Waals surface area contributed by atoms with Gasteiger partial charge in [0.1, 0.15) is 11.0 Å². The summed E-state index contributed by atoms with van der Waals surface area (Å²) in [5, 5.41) is 13.6. The highest BCUT2D eigenvalue weighted by molar-refractivity contribution is 5.72. The molecule has 0 aliphatic carbocycles. The maximum absolute atomic E-state index is 10.2. The summed E-state index contributed by atoms with van der Waals surface area (Å²) in [5.41, 5.74) is 3.07. The molecule has 0 saturated heterocycles. The molecule has 3 aromatic rings. The number of anilines is 1. The van der Waals surface area contributed by atoms with E-state index in [4.69, 9.17) is 4.74 Å². The van der Waals surface area contributed by atoms with Crippen LogP contribution in [0.1, 0.15) is 18.9 Å². The van der Waals surface area contributed by atoms with Gasteiger partial charge in [-0.25, -0.2) is 9.55 Å². The van der Waals surface area contributed by atoms with Gasteiger partial charge in [-0.15, -0.1) is 0 Å². The molecule has 0 amide bonds. The molecule has 0 aliphatic rings. The summed E-state index contributed by atoms with van der Waals surface area (Å²) in [6.07, 6.45) is 1.05. The molecular formula is C18H22N3O2+. The normalized spacial score (nSPS) is 10.9. The second-order valence-corrected chi connectivity index (χ2v) is 5.46. The number of phenols is 1. The number of para-hydroxylation sites is 3. The average Bonchev–Trinajstić information content (AvgIpc) is 2.92. The monoisotopic (exact) mass is 312 g/mol. The van der Waals surface area contributed by atoms with Gasteiger partial charge in [-0.05, 0) is 24.6 Å². The van der Waals surface area contributed by atoms with Crippen LogP contribution < -0.4 is 14.6 Å². The van der Waals surface area contributed by atoms with Crippen LogP contribution in [0, 0.1) is 0 Å². The standard InChI is InChI=1S/C18H21N3O2/c1-3-11-21-15-9-5-4-8-14(15)20-18(21)19-12-13-7-6-10-16(23-2)17(13)22/h4-10H,3,11-12H2,1-2H3,(H2,19,20,22)/p+1. The van der Waals surface area contributed by atoms with Crippen molar-refractivity contribution in [3.05, 3.63) is 48.0 Å². The number of aromatic amines is 1. The van der Waals surface area contributed by atoms with Crippen molar-refractivity contribution in [3.8, 4) is 11.5 Å². The first-order chi connectivity index (χ1) is 11.2. The third-order valence-corrected chi connectivity index (χ3v) is 3.91. The molecule has 2 aromatic carbocycles. The Hall–Kier alpha value is -2.69. The fraction of sp³-hybridized carbons (Fsp3) is 0.278. The van der Waals surface area contributed by atoms with Crippen LogP contribution in [0.3, 0.4) is 0 Å². The molecule has 0 aliphatic heterocycles. The molecule has 3 rings (SSSR count). The van der Waals surface area contributed by atoms with Crippen LogP contribution in [0.4, 0.5) is 5.95 Å². The summed E-state index contributed by atoms with van der Waals surface area (Å²) in [7, 11) is 1.55. The number of H-pyrrole nitrogens is 1. The molecule has 3 N–H and O–H groups in total. The molecule has 5 nitrogen and oxygen atoms in total. The number of hydrogen-bond donors (Lipinski definition) is 3. The second kappa shape index (κ2) is 6.60. The Bertz CT molecular complexity index is 811. The van der Waals surface area contributed by atoms with Gasteiger partial charge in [-0.3, -0.25) is 5.32 Å². The van der Waals surface area contributed by atoms with Gasteiger partial charge in [0.15, 0.2) is 11.5 Å². The van der Waals surface area contributed by atoms with E-state index in [0.717, 1.165) is 30.0 Å². The van der Waals surface area contributed by atoms with Crippen molar-refractivity contribution in [2.45, 2.75) is 26.4 Å². The Balaban J connectivity index is 1.88. The Kier molecular flexibility index (Phi) is 4.37. The number of nitrogens with zero attached hydrogens (tertiary/aromatic N) is 1. The first kappa shape index (κ1) is 15.2. The number of fused-ring (bicyclic) bond motifs is 1. The number of phenolic OH excluding ortho intramolecular Hbond substituents is 1. The van der Waals surface area contributed by atoms with E-state index < -0.39 is 0 Å². The van der Waals surface area contributed by atoms with Crippen molar-refractivity contribution in [2.24, 2.45) is 0 Å². The highest BCUT2D eigenvalue weighted by atomic mass is 16.5. The summed E-state index contributed by atoms with van der Waals surface area (Å²) in [4.78, 5) is 3.41. The van der Waals surface area contributed by atoms with E-state index in [1.807, 2.05) is 24.3 Å². The van der Waals surface area contributed by atoms with Crippen LogP contribution in [0.5, 0.6) is 11.5 Å². The van der Waals surface area contributed by atoms with Gasteiger partial charge in [0.2, 0.25) is 0 Å². The lowest BCUT2D eigenvalue weighted by molar-refractivity contribution is -0.657. The first-order valence-electron chi connectivity index (χ1n) is 7.84. The molecule has 0 bridgehead atoms. The molecule has 0 unspecified atom stereocenters. The SMILES string of the molecule is CCC[n+]1c(NCc2cccc(OC)c2O)[nH]c2ccccc21. The van der Waals surface area contributed by atoms with Gasteiger partial charge < -0.3 is 9.84 Å². The number of aryl methyl sites for hydroxylation is 1. The van der Waals surface area contributed by atoms with Crippen molar-refractivity contribution < 1.29 is 14.4 Å². The number of imidazole rings is 1. The van der Waals surface area contributed by atoms with Crippen molar-refractivity contribution in [1.29, 1.82) is 0 Å². The molecule has 5 heteroatoms. The Labute approximate surface area is 135 Å². The van der Waals surface area contributed by atoms with E-state index in [2.05, 4.69) is 33.9 Å². The molecule has 0 spiro atoms. The minimum atomic E-state index is 0.181. The van der Waals surface area contributed by atoms with Gasteiger partial charge in [0, 0.05) is 5.56 Å². The fourth-order valence-electron chi connectivity index (χ4n) is 2.78. The summed E-state index contributed by atoms with van der Waals surface area (Å²) in [5.74, 6) is 1.61. The third kappa shape index (κ3) is 2.95. The number of aromatic hydroxyl groups is 1. The van der Waals surface area contributed by atoms with Gasteiger partial charge in [0.05, 0.1) is 20.2 Å². The second-order valence-electron chi connectivity index (χ2n) is 5.46. The van der Waals surface area contributed by atoms with Gasteiger partial charge in [-0.1, -0.05) is 31.2 Å². The maximum atomic E-state index is 10.2. The predicted molar refractivity (Wildman–Crippen MR) is 90.8 cm³/mol. The van der Waals surface area contributed by atoms with Crippen molar-refractivity contribution >= 4 is 17.0 Å². The smallest absolute Gasteiger partial charge is 0.356 e. The van der Waals surface area contributed by atoms with Crippen LogP contribution in [-0.4, -0.2) is 17.2 Å². The third-order valence-electron chi connectivity index (χ3n) is 3.91. The largest absolute Gasteiger partial charge is 0.504 e. The lowest BCUT2D eigenvalue weighted by atomic mass is 10.2. The van der Waals surface area contributed by atoms with Crippen molar-refractivity contribution in [3.63, 3.8) is 0 Å². The van der Waals surface area contributed by atoms with Crippen LogP contribution in [-0.2, 0) is 13.1 Å². The van der Waals surface area contributed by atoms with Crippen LogP contribution in [0.15, 0.2) is 42.5 Å². The van der Waals surface area contributed by atoms with Crippen LogP contribution >= 0.6 is 0 Å². The van der Waals surface area contributed by atoms with Gasteiger partial charge in [-0.2, -0.15) is 0 Å². The zero-order chi connectivity index (χ0) is 16.2. The zero-order valence-corrected chi connectivity index (χ0v) is 13.5. The molecule has 23 heavy (non-hydrogen) atoms. The number of benzene rings is 2. The van der Waals surface area contributed by atoms with Crippen molar-refractivity contribution in [2.75, 3.05) is 12.4 Å². The van der Waals surface area contributed by atoms with E-state index in [1.54, 1.807) is 13.2 Å². The van der Waals surface area contributed by atoms with E-state index in [9.17, 15) is 5.11 Å². The molecule has 1 aromatic heterocycles. The number of methoxy groups -OCH3 is 1. The molecule has 120 valence electrons. The number of aromatic nitrogens is 2. The summed E-state index contributed by atoms with van der Waals surface area (Å²) in [6.45, 7) is 3.60. The van der Waals surface area contributed by atoms with E-state index in [0.29, 0.717) is 12.3 Å². The van der Waals surface area contributed by atoms with E-state index >= 15 is 0 Å². The summed E-state index contributed by atoms with van der Waals surface area (Å²) < 4.78 is 7.39. The van der Waals surface area contributed by atoms with Crippen LogP contribution in [0.2, 0.25) is 0 Å². The number of hydrogen-bond acceptors (Lipinski definition) is 3. The number of rotatable bonds is 6. The predicted octanol–water partition coefficient (Wildman–Crippen LogP) is 3.19. The highest BCUT2D eigenvalue weighted by Crippen LogP contribution is 2.29. The molecular weight excluding hydrogens is 290 g/mol. The molecule has 0 radical (unpaired) electrons. The molecule has 0 fully saturated rings. The lowest BCUT2D eigenvalue weighted by Gasteiger charge is -2.08. The maximum Gasteiger partial charge on any atom is 0.356 e.